The van der Waals surface area contributed by atoms with Gasteiger partial charge in [-0.1, -0.05) is 23.7 Å². The molecule has 1 aromatic rings. The Kier molecular flexibility index (Phi) is 5.90. The average molecular weight is 242 g/mol. The summed E-state index contributed by atoms with van der Waals surface area (Å²) in [5, 5.41) is 3.99. The Bertz CT molecular complexity index is 342. The average Bonchev–Trinajstić information content (AvgIpc) is 2.28. The molecular weight excluding hydrogens is 226 g/mol. The lowest BCUT2D eigenvalue weighted by Crippen LogP contribution is -2.16. The van der Waals surface area contributed by atoms with Gasteiger partial charge in [0.2, 0.25) is 0 Å². The number of halogens is 1. The number of ether oxygens (including phenoxy) is 1. The molecule has 0 unspecified atom stereocenters. The minimum atomic E-state index is -0.162. The molecule has 3 nitrogen and oxygen atoms in total. The molecular formula is C12H16ClNO2. The predicted molar refractivity (Wildman–Crippen MR) is 64.4 cm³/mol. The Morgan fingerprint density at radius 1 is 1.50 bits per heavy atom. The highest BCUT2D eigenvalue weighted by Crippen LogP contribution is 2.10. The summed E-state index contributed by atoms with van der Waals surface area (Å²) < 4.78 is 4.55. The number of benzene rings is 1. The van der Waals surface area contributed by atoms with Crippen molar-refractivity contribution in [2.45, 2.75) is 19.4 Å². The van der Waals surface area contributed by atoms with E-state index in [1.807, 2.05) is 24.3 Å². The highest BCUT2D eigenvalue weighted by Gasteiger charge is 1.99. The van der Waals surface area contributed by atoms with Crippen LogP contribution in [0.2, 0.25) is 5.02 Å². The van der Waals surface area contributed by atoms with Crippen LogP contribution in [0.25, 0.3) is 0 Å². The highest BCUT2D eigenvalue weighted by molar-refractivity contribution is 6.30. The summed E-state index contributed by atoms with van der Waals surface area (Å²) in [6.07, 6.45) is 1.24. The Morgan fingerprint density at radius 3 is 3.00 bits per heavy atom. The topological polar surface area (TPSA) is 38.3 Å². The number of carbonyl (C=O) groups is 1. The van der Waals surface area contributed by atoms with Crippen LogP contribution in [-0.4, -0.2) is 19.6 Å². The Labute approximate surface area is 101 Å². The number of methoxy groups -OCH3 is 1. The van der Waals surface area contributed by atoms with Crippen LogP contribution in [0.1, 0.15) is 18.4 Å². The second kappa shape index (κ2) is 7.25. The SMILES string of the molecule is COC(=O)CCCNCc1cccc(Cl)c1. The fraction of sp³-hybridized carbons (Fsp3) is 0.417. The molecule has 0 saturated carbocycles. The van der Waals surface area contributed by atoms with Gasteiger partial charge in [-0.05, 0) is 30.7 Å². The third kappa shape index (κ3) is 5.14. The van der Waals surface area contributed by atoms with Crippen LogP contribution in [0.5, 0.6) is 0 Å². The first-order valence-electron chi connectivity index (χ1n) is 5.24. The zero-order valence-electron chi connectivity index (χ0n) is 9.33. The lowest BCUT2D eigenvalue weighted by atomic mass is 10.2. The molecule has 0 aliphatic rings. The van der Waals surface area contributed by atoms with Crippen molar-refractivity contribution in [1.29, 1.82) is 0 Å². The molecule has 4 heteroatoms. The largest absolute Gasteiger partial charge is 0.469 e. The Morgan fingerprint density at radius 2 is 2.31 bits per heavy atom. The van der Waals surface area contributed by atoms with E-state index in [4.69, 9.17) is 11.6 Å². The molecule has 0 saturated heterocycles. The number of nitrogens with one attached hydrogen (secondary N) is 1. The van der Waals surface area contributed by atoms with Crippen LogP contribution in [0.4, 0.5) is 0 Å². The normalized spacial score (nSPS) is 10.1. The van der Waals surface area contributed by atoms with Crippen molar-refractivity contribution in [3.8, 4) is 0 Å². The molecule has 0 aromatic heterocycles. The van der Waals surface area contributed by atoms with Crippen LogP contribution in [0.3, 0.4) is 0 Å². The molecule has 0 heterocycles. The molecule has 0 amide bonds. The quantitative estimate of drug-likeness (QED) is 0.614. The molecule has 0 bridgehead atoms. The first-order valence-corrected chi connectivity index (χ1v) is 5.62. The maximum atomic E-state index is 10.8. The van der Waals surface area contributed by atoms with E-state index in [2.05, 4.69) is 10.1 Å². The van der Waals surface area contributed by atoms with E-state index >= 15 is 0 Å². The number of rotatable bonds is 6. The van der Waals surface area contributed by atoms with Crippen molar-refractivity contribution < 1.29 is 9.53 Å². The van der Waals surface area contributed by atoms with Crippen LogP contribution in [-0.2, 0) is 16.1 Å². The zero-order chi connectivity index (χ0) is 11.8. The summed E-state index contributed by atoms with van der Waals surface area (Å²) in [6.45, 7) is 1.56. The van der Waals surface area contributed by atoms with Gasteiger partial charge in [0.1, 0.15) is 0 Å². The minimum absolute atomic E-state index is 0.162. The van der Waals surface area contributed by atoms with Crippen molar-refractivity contribution in [2.75, 3.05) is 13.7 Å². The van der Waals surface area contributed by atoms with Gasteiger partial charge < -0.3 is 10.1 Å². The van der Waals surface area contributed by atoms with Gasteiger partial charge in [-0.3, -0.25) is 4.79 Å². The third-order valence-corrected chi connectivity index (χ3v) is 2.42. The molecule has 0 aliphatic carbocycles. The molecule has 1 rings (SSSR count). The van der Waals surface area contributed by atoms with E-state index in [0.717, 1.165) is 30.1 Å². The third-order valence-electron chi connectivity index (χ3n) is 2.18. The van der Waals surface area contributed by atoms with E-state index in [0.29, 0.717) is 6.42 Å². The fourth-order valence-electron chi connectivity index (χ4n) is 1.34. The summed E-state index contributed by atoms with van der Waals surface area (Å²) in [5.74, 6) is -0.162. The van der Waals surface area contributed by atoms with Crippen molar-refractivity contribution in [1.82, 2.24) is 5.32 Å². The zero-order valence-corrected chi connectivity index (χ0v) is 10.1. The van der Waals surface area contributed by atoms with Crippen molar-refractivity contribution >= 4 is 17.6 Å². The van der Waals surface area contributed by atoms with Crippen molar-refractivity contribution in [3.05, 3.63) is 34.9 Å². The molecule has 0 fully saturated rings. The molecule has 0 radical (unpaired) electrons. The second-order valence-corrected chi connectivity index (χ2v) is 3.92. The molecule has 16 heavy (non-hydrogen) atoms. The van der Waals surface area contributed by atoms with Gasteiger partial charge in [-0.2, -0.15) is 0 Å². The maximum absolute atomic E-state index is 10.8. The molecule has 88 valence electrons. The van der Waals surface area contributed by atoms with E-state index in [1.54, 1.807) is 0 Å². The van der Waals surface area contributed by atoms with Crippen LogP contribution in [0.15, 0.2) is 24.3 Å². The number of esters is 1. The van der Waals surface area contributed by atoms with Gasteiger partial charge in [0, 0.05) is 18.0 Å². The van der Waals surface area contributed by atoms with Crippen molar-refractivity contribution in [2.24, 2.45) is 0 Å². The first kappa shape index (κ1) is 13.0. The van der Waals surface area contributed by atoms with Gasteiger partial charge in [-0.25, -0.2) is 0 Å². The molecule has 0 aliphatic heterocycles. The van der Waals surface area contributed by atoms with E-state index < -0.39 is 0 Å². The van der Waals surface area contributed by atoms with Gasteiger partial charge in [-0.15, -0.1) is 0 Å². The van der Waals surface area contributed by atoms with Gasteiger partial charge in [0.15, 0.2) is 0 Å². The second-order valence-electron chi connectivity index (χ2n) is 3.49. The van der Waals surface area contributed by atoms with E-state index in [1.165, 1.54) is 7.11 Å². The lowest BCUT2D eigenvalue weighted by Gasteiger charge is -2.04. The highest BCUT2D eigenvalue weighted by atomic mass is 35.5. The monoisotopic (exact) mass is 241 g/mol. The maximum Gasteiger partial charge on any atom is 0.305 e. The van der Waals surface area contributed by atoms with Crippen molar-refractivity contribution in [3.63, 3.8) is 0 Å². The van der Waals surface area contributed by atoms with Gasteiger partial charge in [0.25, 0.3) is 0 Å². The minimum Gasteiger partial charge on any atom is -0.469 e. The predicted octanol–water partition coefficient (Wildman–Crippen LogP) is 2.38. The van der Waals surface area contributed by atoms with Crippen LogP contribution < -0.4 is 5.32 Å². The Hall–Kier alpha value is -1.06. The summed E-state index contributed by atoms with van der Waals surface area (Å²) in [7, 11) is 1.40. The smallest absolute Gasteiger partial charge is 0.305 e. The number of carbonyl (C=O) groups excluding carboxylic acids is 1. The lowest BCUT2D eigenvalue weighted by molar-refractivity contribution is -0.140. The molecule has 1 aromatic carbocycles. The number of hydrogen-bond acceptors (Lipinski definition) is 3. The standard InChI is InChI=1S/C12H16ClNO2/c1-16-12(15)6-3-7-14-9-10-4-2-5-11(13)8-10/h2,4-5,8,14H,3,6-7,9H2,1H3. The summed E-state index contributed by atoms with van der Waals surface area (Å²) in [6, 6.07) is 7.71. The number of hydrogen-bond donors (Lipinski definition) is 1. The summed E-state index contributed by atoms with van der Waals surface area (Å²) >= 11 is 5.86. The van der Waals surface area contributed by atoms with Gasteiger partial charge in [0.05, 0.1) is 7.11 Å². The Balaban J connectivity index is 2.14. The fourth-order valence-corrected chi connectivity index (χ4v) is 1.55. The first-order chi connectivity index (χ1) is 7.72. The molecule has 0 atom stereocenters. The van der Waals surface area contributed by atoms with Crippen LogP contribution >= 0.6 is 11.6 Å². The van der Waals surface area contributed by atoms with E-state index in [-0.39, 0.29) is 5.97 Å². The summed E-state index contributed by atoms with van der Waals surface area (Å²) in [5.41, 5.74) is 1.14. The summed E-state index contributed by atoms with van der Waals surface area (Å²) in [4.78, 5) is 10.8. The molecule has 0 spiro atoms. The van der Waals surface area contributed by atoms with E-state index in [9.17, 15) is 4.79 Å². The van der Waals surface area contributed by atoms with Gasteiger partial charge >= 0.3 is 5.97 Å². The van der Waals surface area contributed by atoms with Crippen LogP contribution in [0, 0.1) is 0 Å². The molecule has 1 N–H and O–H groups in total.